The highest BCUT2D eigenvalue weighted by Crippen LogP contribution is 2.41. The molecule has 1 aliphatic heterocycles. The molecule has 1 saturated carbocycles. The van der Waals surface area contributed by atoms with Gasteiger partial charge in [-0.25, -0.2) is 14.4 Å². The topological polar surface area (TPSA) is 41.9 Å². The molecule has 1 saturated heterocycles. The summed E-state index contributed by atoms with van der Waals surface area (Å²) < 4.78 is 14.3. The van der Waals surface area contributed by atoms with Gasteiger partial charge in [0.05, 0.1) is 11.1 Å². The summed E-state index contributed by atoms with van der Waals surface area (Å²) in [5.74, 6) is 1.46. The predicted molar refractivity (Wildman–Crippen MR) is 85.1 cm³/mol. The maximum atomic E-state index is 14.3. The summed E-state index contributed by atoms with van der Waals surface area (Å²) in [6, 6.07) is 0. The van der Waals surface area contributed by atoms with Gasteiger partial charge < -0.3 is 4.90 Å². The molecule has 0 aromatic carbocycles. The Morgan fingerprint density at radius 3 is 2.45 bits per heavy atom. The third-order valence-electron chi connectivity index (χ3n) is 4.91. The minimum absolute atomic E-state index is 0.0418. The van der Waals surface area contributed by atoms with E-state index in [1.54, 1.807) is 6.92 Å². The predicted octanol–water partition coefficient (Wildman–Crippen LogP) is 4.02. The average Bonchev–Trinajstić information content (AvgIpc) is 3.04. The molecule has 0 spiro atoms. The molecule has 2 aliphatic rings. The summed E-state index contributed by atoms with van der Waals surface area (Å²) in [5.41, 5.74) is 0.787. The highest BCUT2D eigenvalue weighted by molar-refractivity contribution is 6.31. The van der Waals surface area contributed by atoms with Gasteiger partial charge in [0.1, 0.15) is 11.3 Å². The van der Waals surface area contributed by atoms with Crippen LogP contribution >= 0.6 is 23.2 Å². The summed E-state index contributed by atoms with van der Waals surface area (Å²) in [6.45, 7) is 3.68. The van der Waals surface area contributed by atoms with E-state index in [9.17, 15) is 4.39 Å². The van der Waals surface area contributed by atoms with Crippen molar-refractivity contribution in [2.75, 3.05) is 18.0 Å². The smallest absolute Gasteiger partial charge is 0.225 e. The molecule has 7 heteroatoms. The largest absolute Gasteiger partial charge is 0.355 e. The lowest BCUT2D eigenvalue weighted by atomic mass is 10.0. The van der Waals surface area contributed by atoms with E-state index in [0.717, 1.165) is 13.1 Å². The van der Waals surface area contributed by atoms with Crippen molar-refractivity contribution >= 4 is 39.9 Å². The van der Waals surface area contributed by atoms with E-state index in [1.165, 1.54) is 19.3 Å². The van der Waals surface area contributed by atoms with E-state index in [-0.39, 0.29) is 16.0 Å². The van der Waals surface area contributed by atoms with E-state index >= 15 is 0 Å². The first-order valence-electron chi connectivity index (χ1n) is 7.48. The maximum absolute atomic E-state index is 14.3. The molecule has 22 heavy (non-hydrogen) atoms. The first kappa shape index (κ1) is 14.4. The van der Waals surface area contributed by atoms with Crippen LogP contribution in [0.15, 0.2) is 0 Å². The molecule has 3 heterocycles. The van der Waals surface area contributed by atoms with Gasteiger partial charge in [-0.15, -0.1) is 0 Å². The van der Waals surface area contributed by atoms with Gasteiger partial charge >= 0.3 is 0 Å². The number of pyridine rings is 1. The molecular weight excluding hydrogens is 326 g/mol. The van der Waals surface area contributed by atoms with E-state index < -0.39 is 5.82 Å². The molecule has 0 amide bonds. The number of aromatic nitrogens is 3. The highest BCUT2D eigenvalue weighted by atomic mass is 35.5. The third-order valence-corrected chi connectivity index (χ3v) is 5.32. The number of nitrogens with zero attached hydrogens (tertiary/aromatic N) is 4. The van der Waals surface area contributed by atoms with Gasteiger partial charge in [0.25, 0.3) is 0 Å². The van der Waals surface area contributed by atoms with Crippen molar-refractivity contribution in [1.82, 2.24) is 15.0 Å². The van der Waals surface area contributed by atoms with Crippen LogP contribution < -0.4 is 4.90 Å². The van der Waals surface area contributed by atoms with Gasteiger partial charge in [-0.3, -0.25) is 0 Å². The second-order valence-electron chi connectivity index (χ2n) is 6.20. The molecule has 2 atom stereocenters. The third kappa shape index (κ3) is 2.14. The van der Waals surface area contributed by atoms with E-state index in [4.69, 9.17) is 23.2 Å². The molecule has 0 bridgehead atoms. The molecule has 4 nitrogen and oxygen atoms in total. The number of halogens is 3. The summed E-state index contributed by atoms with van der Waals surface area (Å²) in [4.78, 5) is 14.7. The molecular formula is C15H15Cl2FN4. The Hall–Kier alpha value is -1.20. The highest BCUT2D eigenvalue weighted by Gasteiger charge is 2.37. The lowest BCUT2D eigenvalue weighted by Gasteiger charge is -2.21. The van der Waals surface area contributed by atoms with Crippen molar-refractivity contribution in [2.24, 2.45) is 11.8 Å². The van der Waals surface area contributed by atoms with Crippen LogP contribution in [-0.4, -0.2) is 28.0 Å². The Labute approximate surface area is 137 Å². The first-order chi connectivity index (χ1) is 10.5. The fourth-order valence-electron chi connectivity index (χ4n) is 3.90. The van der Waals surface area contributed by atoms with Crippen molar-refractivity contribution in [3.8, 4) is 0 Å². The van der Waals surface area contributed by atoms with Crippen LogP contribution in [0.1, 0.15) is 25.0 Å². The van der Waals surface area contributed by atoms with Crippen molar-refractivity contribution < 1.29 is 4.39 Å². The van der Waals surface area contributed by atoms with Gasteiger partial charge in [0.2, 0.25) is 5.28 Å². The van der Waals surface area contributed by atoms with Crippen LogP contribution in [-0.2, 0) is 0 Å². The Balaban J connectivity index is 1.89. The number of fused-ring (bicyclic) bond motifs is 2. The molecule has 2 aromatic rings. The Morgan fingerprint density at radius 1 is 1.09 bits per heavy atom. The summed E-state index contributed by atoms with van der Waals surface area (Å²) >= 11 is 11.9. The normalized spacial score (nSPS) is 24.3. The van der Waals surface area contributed by atoms with E-state index in [0.29, 0.717) is 28.7 Å². The molecule has 116 valence electrons. The maximum Gasteiger partial charge on any atom is 0.225 e. The monoisotopic (exact) mass is 340 g/mol. The number of hydrogen-bond donors (Lipinski definition) is 0. The SMILES string of the molecule is Cc1nc(Cl)c(F)c2nc(Cl)nc(N3CC4CCCC4C3)c12. The molecule has 2 unspecified atom stereocenters. The zero-order valence-corrected chi connectivity index (χ0v) is 13.6. The summed E-state index contributed by atoms with van der Waals surface area (Å²) in [6.07, 6.45) is 3.82. The van der Waals surface area contributed by atoms with E-state index in [1.807, 2.05) is 0 Å². The Bertz CT molecular complexity index is 755. The van der Waals surface area contributed by atoms with Crippen LogP contribution in [0.25, 0.3) is 10.9 Å². The fraction of sp³-hybridized carbons (Fsp3) is 0.533. The summed E-state index contributed by atoms with van der Waals surface area (Å²) in [5, 5.41) is 0.482. The summed E-state index contributed by atoms with van der Waals surface area (Å²) in [7, 11) is 0. The van der Waals surface area contributed by atoms with Crippen LogP contribution in [0.4, 0.5) is 10.2 Å². The van der Waals surface area contributed by atoms with Crippen LogP contribution in [0.5, 0.6) is 0 Å². The molecule has 0 radical (unpaired) electrons. The Kier molecular flexibility index (Phi) is 3.38. The minimum atomic E-state index is -0.632. The average molecular weight is 341 g/mol. The van der Waals surface area contributed by atoms with Crippen molar-refractivity contribution in [2.45, 2.75) is 26.2 Å². The second kappa shape index (κ2) is 5.17. The molecule has 2 aromatic heterocycles. The number of aryl methyl sites for hydroxylation is 1. The number of rotatable bonds is 1. The van der Waals surface area contributed by atoms with E-state index in [2.05, 4.69) is 19.9 Å². The second-order valence-corrected chi connectivity index (χ2v) is 6.89. The van der Waals surface area contributed by atoms with Crippen LogP contribution in [0.3, 0.4) is 0 Å². The van der Waals surface area contributed by atoms with Gasteiger partial charge in [-0.05, 0) is 43.2 Å². The molecule has 0 N–H and O–H groups in total. The van der Waals surface area contributed by atoms with Gasteiger partial charge in [0, 0.05) is 13.1 Å². The van der Waals surface area contributed by atoms with Gasteiger partial charge in [0.15, 0.2) is 11.0 Å². The Morgan fingerprint density at radius 2 is 1.77 bits per heavy atom. The van der Waals surface area contributed by atoms with Gasteiger partial charge in [-0.2, -0.15) is 4.98 Å². The minimum Gasteiger partial charge on any atom is -0.355 e. The lowest BCUT2D eigenvalue weighted by molar-refractivity contribution is 0.494. The standard InChI is InChI=1S/C15H15Cl2FN4/c1-7-10-12(11(18)13(16)19-7)20-15(17)21-14(10)22-5-8-3-2-4-9(8)6-22/h8-9H,2-6H2,1H3. The zero-order chi connectivity index (χ0) is 15.4. The van der Waals surface area contributed by atoms with Crippen molar-refractivity contribution in [1.29, 1.82) is 0 Å². The number of hydrogen-bond acceptors (Lipinski definition) is 4. The first-order valence-corrected chi connectivity index (χ1v) is 8.24. The lowest BCUT2D eigenvalue weighted by Crippen LogP contribution is -2.23. The van der Waals surface area contributed by atoms with Crippen molar-refractivity contribution in [3.63, 3.8) is 0 Å². The van der Waals surface area contributed by atoms with Gasteiger partial charge in [-0.1, -0.05) is 18.0 Å². The molecule has 4 rings (SSSR count). The quantitative estimate of drug-likeness (QED) is 0.580. The van der Waals surface area contributed by atoms with Crippen molar-refractivity contribution in [3.05, 3.63) is 21.9 Å². The molecule has 1 aliphatic carbocycles. The van der Waals surface area contributed by atoms with Crippen LogP contribution in [0, 0.1) is 24.6 Å². The van der Waals surface area contributed by atoms with Crippen LogP contribution in [0.2, 0.25) is 10.4 Å². The fourth-order valence-corrected chi connectivity index (χ4v) is 4.28. The number of anilines is 1. The zero-order valence-electron chi connectivity index (χ0n) is 12.1. The molecule has 2 fully saturated rings.